The summed E-state index contributed by atoms with van der Waals surface area (Å²) < 4.78 is 32.2. The molecule has 3 N–H and O–H groups in total. The minimum atomic E-state index is -3.47. The van der Waals surface area contributed by atoms with Gasteiger partial charge in [-0.15, -0.1) is 0 Å². The van der Waals surface area contributed by atoms with Crippen LogP contribution in [0.1, 0.15) is 25.8 Å². The number of hydrogen-bond donors (Lipinski definition) is 2. The molecule has 0 heterocycles. The molecule has 0 saturated heterocycles. The van der Waals surface area contributed by atoms with Crippen LogP contribution in [0.15, 0.2) is 23.1 Å². The van der Waals surface area contributed by atoms with Crippen molar-refractivity contribution in [3.8, 4) is 0 Å². The van der Waals surface area contributed by atoms with Gasteiger partial charge in [0.2, 0.25) is 10.0 Å². The number of anilines is 1. The molecule has 0 atom stereocenters. The number of nitrogens with two attached hydrogens (primary N) is 1. The summed E-state index contributed by atoms with van der Waals surface area (Å²) in [4.78, 5) is 0.273. The lowest BCUT2D eigenvalue weighted by molar-refractivity contribution is 0.108. The lowest BCUT2D eigenvalue weighted by Crippen LogP contribution is -2.26. The third-order valence-electron chi connectivity index (χ3n) is 2.70. The van der Waals surface area contributed by atoms with Gasteiger partial charge in [-0.05, 0) is 43.0 Å². The molecular weight excluding hydrogens is 276 g/mol. The van der Waals surface area contributed by atoms with Gasteiger partial charge in [0.15, 0.2) is 0 Å². The molecule has 0 spiro atoms. The van der Waals surface area contributed by atoms with Crippen molar-refractivity contribution in [3.63, 3.8) is 0 Å². The average molecular weight is 300 g/mol. The summed E-state index contributed by atoms with van der Waals surface area (Å²) in [5, 5.41) is 0. The quantitative estimate of drug-likeness (QED) is 0.567. The number of benzene rings is 1. The SMILES string of the molecule is Cc1cc(N)ccc1S(=O)(=O)NCCCOCC(C)C. The minimum Gasteiger partial charge on any atom is -0.399 e. The van der Waals surface area contributed by atoms with Crippen molar-refractivity contribution in [2.45, 2.75) is 32.1 Å². The Bertz CT molecular complexity index is 527. The van der Waals surface area contributed by atoms with Crippen molar-refractivity contribution in [2.24, 2.45) is 5.92 Å². The molecule has 6 heteroatoms. The van der Waals surface area contributed by atoms with Crippen LogP contribution < -0.4 is 10.5 Å². The summed E-state index contributed by atoms with van der Waals surface area (Å²) in [5.41, 5.74) is 6.82. The van der Waals surface area contributed by atoms with E-state index < -0.39 is 10.0 Å². The Morgan fingerprint density at radius 3 is 2.65 bits per heavy atom. The van der Waals surface area contributed by atoms with Gasteiger partial charge in [-0.1, -0.05) is 13.8 Å². The first kappa shape index (κ1) is 16.9. The lowest BCUT2D eigenvalue weighted by atomic mass is 10.2. The topological polar surface area (TPSA) is 81.4 Å². The predicted molar refractivity (Wildman–Crippen MR) is 81.1 cm³/mol. The van der Waals surface area contributed by atoms with Gasteiger partial charge < -0.3 is 10.5 Å². The number of sulfonamides is 1. The number of nitrogens with one attached hydrogen (secondary N) is 1. The van der Waals surface area contributed by atoms with Crippen molar-refractivity contribution in [1.82, 2.24) is 4.72 Å². The van der Waals surface area contributed by atoms with Crippen LogP contribution in [0.4, 0.5) is 5.69 Å². The smallest absolute Gasteiger partial charge is 0.240 e. The number of ether oxygens (including phenoxy) is 1. The predicted octanol–water partition coefficient (Wildman–Crippen LogP) is 1.92. The fraction of sp³-hybridized carbons (Fsp3) is 0.571. The highest BCUT2D eigenvalue weighted by atomic mass is 32.2. The molecule has 0 unspecified atom stereocenters. The summed E-state index contributed by atoms with van der Waals surface area (Å²) in [6.45, 7) is 7.51. The standard InChI is InChI=1S/C14H24N2O3S/c1-11(2)10-19-8-4-7-16-20(17,18)14-6-5-13(15)9-12(14)3/h5-6,9,11,16H,4,7-8,10,15H2,1-3H3. The van der Waals surface area contributed by atoms with Crippen LogP contribution in [0.2, 0.25) is 0 Å². The van der Waals surface area contributed by atoms with E-state index in [1.54, 1.807) is 19.1 Å². The van der Waals surface area contributed by atoms with Crippen molar-refractivity contribution in [2.75, 3.05) is 25.5 Å². The van der Waals surface area contributed by atoms with Crippen molar-refractivity contribution in [1.29, 1.82) is 0 Å². The zero-order valence-electron chi connectivity index (χ0n) is 12.3. The largest absolute Gasteiger partial charge is 0.399 e. The fourth-order valence-electron chi connectivity index (χ4n) is 1.75. The Hall–Kier alpha value is -1.11. The van der Waals surface area contributed by atoms with Gasteiger partial charge in [0.25, 0.3) is 0 Å². The molecule has 1 aromatic rings. The van der Waals surface area contributed by atoms with Crippen molar-refractivity contribution >= 4 is 15.7 Å². The summed E-state index contributed by atoms with van der Waals surface area (Å²) in [5.74, 6) is 0.490. The first-order chi connectivity index (χ1) is 9.33. The van der Waals surface area contributed by atoms with E-state index in [0.717, 1.165) is 0 Å². The van der Waals surface area contributed by atoms with E-state index >= 15 is 0 Å². The lowest BCUT2D eigenvalue weighted by Gasteiger charge is -2.10. The molecule has 114 valence electrons. The van der Waals surface area contributed by atoms with Gasteiger partial charge in [-0.25, -0.2) is 13.1 Å². The van der Waals surface area contributed by atoms with Crippen LogP contribution >= 0.6 is 0 Å². The van der Waals surface area contributed by atoms with Crippen LogP contribution in [0.5, 0.6) is 0 Å². The van der Waals surface area contributed by atoms with Crippen LogP contribution in [0.3, 0.4) is 0 Å². The molecule has 0 fully saturated rings. The molecule has 0 bridgehead atoms. The molecule has 5 nitrogen and oxygen atoms in total. The van der Waals surface area contributed by atoms with Gasteiger partial charge in [-0.2, -0.15) is 0 Å². The molecule has 20 heavy (non-hydrogen) atoms. The molecule has 0 saturated carbocycles. The molecule has 0 amide bonds. The Morgan fingerprint density at radius 2 is 2.05 bits per heavy atom. The summed E-state index contributed by atoms with van der Waals surface area (Å²) in [6, 6.07) is 4.77. The number of rotatable bonds is 8. The highest BCUT2D eigenvalue weighted by molar-refractivity contribution is 7.89. The molecule has 0 radical (unpaired) electrons. The maximum Gasteiger partial charge on any atom is 0.240 e. The van der Waals surface area contributed by atoms with E-state index in [1.165, 1.54) is 6.07 Å². The van der Waals surface area contributed by atoms with E-state index in [9.17, 15) is 8.42 Å². The summed E-state index contributed by atoms with van der Waals surface area (Å²) in [7, 11) is -3.47. The van der Waals surface area contributed by atoms with Crippen LogP contribution in [0.25, 0.3) is 0 Å². The van der Waals surface area contributed by atoms with Gasteiger partial charge in [-0.3, -0.25) is 0 Å². The number of nitrogen functional groups attached to an aromatic ring is 1. The van der Waals surface area contributed by atoms with E-state index in [1.807, 2.05) is 0 Å². The molecule has 0 aliphatic carbocycles. The maximum absolute atomic E-state index is 12.1. The highest BCUT2D eigenvalue weighted by Crippen LogP contribution is 2.17. The van der Waals surface area contributed by atoms with Gasteiger partial charge in [0.1, 0.15) is 0 Å². The van der Waals surface area contributed by atoms with E-state index in [4.69, 9.17) is 10.5 Å². The van der Waals surface area contributed by atoms with Crippen LogP contribution in [-0.2, 0) is 14.8 Å². The molecular formula is C14H24N2O3S. The Labute approximate surface area is 121 Å². The minimum absolute atomic E-state index is 0.273. The fourth-order valence-corrected chi connectivity index (χ4v) is 3.05. The van der Waals surface area contributed by atoms with E-state index in [0.29, 0.717) is 43.3 Å². The second-order valence-corrected chi connectivity index (χ2v) is 6.98. The zero-order valence-corrected chi connectivity index (χ0v) is 13.2. The second-order valence-electron chi connectivity index (χ2n) is 5.25. The van der Waals surface area contributed by atoms with Crippen LogP contribution in [0, 0.1) is 12.8 Å². The van der Waals surface area contributed by atoms with Crippen LogP contribution in [-0.4, -0.2) is 28.2 Å². The van der Waals surface area contributed by atoms with E-state index in [-0.39, 0.29) is 4.90 Å². The summed E-state index contributed by atoms with van der Waals surface area (Å²) >= 11 is 0. The first-order valence-electron chi connectivity index (χ1n) is 6.76. The monoisotopic (exact) mass is 300 g/mol. The normalized spacial score (nSPS) is 12.0. The third-order valence-corrected chi connectivity index (χ3v) is 4.32. The van der Waals surface area contributed by atoms with Gasteiger partial charge in [0, 0.05) is 25.4 Å². The molecule has 0 aliphatic rings. The molecule has 1 aromatic carbocycles. The average Bonchev–Trinajstić information content (AvgIpc) is 2.32. The number of hydrogen-bond acceptors (Lipinski definition) is 4. The Balaban J connectivity index is 2.46. The molecule has 1 rings (SSSR count). The Morgan fingerprint density at radius 1 is 1.35 bits per heavy atom. The first-order valence-corrected chi connectivity index (χ1v) is 8.25. The highest BCUT2D eigenvalue weighted by Gasteiger charge is 2.15. The van der Waals surface area contributed by atoms with E-state index in [2.05, 4.69) is 18.6 Å². The zero-order chi connectivity index (χ0) is 15.2. The second kappa shape index (κ2) is 7.61. The maximum atomic E-state index is 12.1. The summed E-state index contributed by atoms with van der Waals surface area (Å²) in [6.07, 6.45) is 0.653. The van der Waals surface area contributed by atoms with Gasteiger partial charge >= 0.3 is 0 Å². The van der Waals surface area contributed by atoms with Crippen molar-refractivity contribution in [3.05, 3.63) is 23.8 Å². The number of aryl methyl sites for hydroxylation is 1. The Kier molecular flexibility index (Phi) is 6.45. The third kappa shape index (κ3) is 5.48. The van der Waals surface area contributed by atoms with Crippen molar-refractivity contribution < 1.29 is 13.2 Å². The molecule has 0 aliphatic heterocycles. The molecule has 0 aromatic heterocycles. The van der Waals surface area contributed by atoms with Gasteiger partial charge in [0.05, 0.1) is 4.90 Å².